The van der Waals surface area contributed by atoms with Crippen LogP contribution >= 0.6 is 34.8 Å². The molecule has 9 heteroatoms. The van der Waals surface area contributed by atoms with Crippen LogP contribution in [-0.4, -0.2) is 32.4 Å². The van der Waals surface area contributed by atoms with Crippen LogP contribution in [-0.2, 0) is 40.5 Å². The minimum Gasteiger partial charge on any atom is -0.392 e. The largest absolute Gasteiger partial charge is 0.392 e. The standard InChI is InChI=1S/C41H39Cl3N2O4/c42-41(43,44)40(48)45-24-32-13-7-14-34(21-32)35-15-8-16-36(22-35)39-49-37(23-38(50-39)33-19-17-31(28-47)18-20-33)27-46(25-29-9-3-1-4-10-29)26-30-11-5-2-6-12-30/h1-22,37-39,47H,23-28H2,(H,45,48). The van der Waals surface area contributed by atoms with Crippen molar-refractivity contribution in [2.24, 2.45) is 0 Å². The summed E-state index contributed by atoms with van der Waals surface area (Å²) in [5.41, 5.74) is 8.08. The Balaban J connectivity index is 1.26. The minimum atomic E-state index is -2.03. The lowest BCUT2D eigenvalue weighted by molar-refractivity contribution is -0.253. The fourth-order valence-corrected chi connectivity index (χ4v) is 6.40. The van der Waals surface area contributed by atoms with Gasteiger partial charge in [0.1, 0.15) is 0 Å². The maximum absolute atomic E-state index is 12.1. The molecule has 1 heterocycles. The van der Waals surface area contributed by atoms with E-state index in [0.29, 0.717) is 13.0 Å². The average Bonchev–Trinajstić information content (AvgIpc) is 3.14. The number of halogens is 3. The highest BCUT2D eigenvalue weighted by Crippen LogP contribution is 2.39. The Morgan fingerprint density at radius 2 is 1.30 bits per heavy atom. The van der Waals surface area contributed by atoms with Crippen molar-refractivity contribution in [1.29, 1.82) is 0 Å². The van der Waals surface area contributed by atoms with E-state index in [9.17, 15) is 9.90 Å². The first-order valence-electron chi connectivity index (χ1n) is 16.6. The number of carbonyl (C=O) groups is 1. The Labute approximate surface area is 308 Å². The van der Waals surface area contributed by atoms with Crippen LogP contribution in [0.2, 0.25) is 0 Å². The summed E-state index contributed by atoms with van der Waals surface area (Å²) in [6, 6.07) is 45.0. The zero-order valence-corrected chi connectivity index (χ0v) is 29.7. The third kappa shape index (κ3) is 9.95. The van der Waals surface area contributed by atoms with Crippen LogP contribution in [0.5, 0.6) is 0 Å². The Morgan fingerprint density at radius 3 is 1.92 bits per heavy atom. The van der Waals surface area contributed by atoms with Crippen molar-refractivity contribution in [3.05, 3.63) is 167 Å². The number of carbonyl (C=O) groups excluding carboxylic acids is 1. The molecule has 0 bridgehead atoms. The maximum atomic E-state index is 12.1. The second kappa shape index (κ2) is 17.0. The number of aliphatic hydroxyl groups is 1. The molecule has 6 rings (SSSR count). The summed E-state index contributed by atoms with van der Waals surface area (Å²) < 4.78 is 11.5. The van der Waals surface area contributed by atoms with Gasteiger partial charge in [-0.2, -0.15) is 0 Å². The van der Waals surface area contributed by atoms with E-state index in [1.165, 1.54) is 11.1 Å². The van der Waals surface area contributed by atoms with Crippen LogP contribution in [0, 0.1) is 0 Å². The number of amides is 1. The molecule has 5 aromatic carbocycles. The number of ether oxygens (including phenoxy) is 2. The molecular weight excluding hydrogens is 691 g/mol. The molecule has 5 aromatic rings. The van der Waals surface area contributed by atoms with Crippen LogP contribution in [0.15, 0.2) is 133 Å². The van der Waals surface area contributed by atoms with Gasteiger partial charge in [0.05, 0.1) is 18.8 Å². The third-order valence-corrected chi connectivity index (χ3v) is 9.22. The lowest BCUT2D eigenvalue weighted by atomic mass is 9.98. The Bertz CT molecular complexity index is 1790. The number of hydrogen-bond donors (Lipinski definition) is 2. The first kappa shape index (κ1) is 36.1. The summed E-state index contributed by atoms with van der Waals surface area (Å²) in [5.74, 6) is -0.678. The number of nitrogens with one attached hydrogen (secondary N) is 1. The number of benzene rings is 5. The molecule has 258 valence electrons. The van der Waals surface area contributed by atoms with Crippen LogP contribution in [0.4, 0.5) is 0 Å². The Hall–Kier alpha value is -3.72. The van der Waals surface area contributed by atoms with Gasteiger partial charge in [-0.05, 0) is 51.1 Å². The Morgan fingerprint density at radius 1 is 0.700 bits per heavy atom. The van der Waals surface area contributed by atoms with Crippen molar-refractivity contribution in [1.82, 2.24) is 10.2 Å². The van der Waals surface area contributed by atoms with E-state index in [-0.39, 0.29) is 25.4 Å². The molecule has 2 N–H and O–H groups in total. The van der Waals surface area contributed by atoms with Crippen molar-refractivity contribution < 1.29 is 19.4 Å². The zero-order valence-electron chi connectivity index (χ0n) is 27.4. The SMILES string of the molecule is O=C(NCc1cccc(-c2cccc(C3OC(CN(Cc4ccccc4)Cc4ccccc4)CC(c4ccc(CO)cc4)O3)c2)c1)C(Cl)(Cl)Cl. The predicted octanol–water partition coefficient (Wildman–Crippen LogP) is 9.08. The van der Waals surface area contributed by atoms with E-state index >= 15 is 0 Å². The average molecular weight is 730 g/mol. The fourth-order valence-electron chi connectivity index (χ4n) is 6.20. The minimum absolute atomic E-state index is 0.0125. The van der Waals surface area contributed by atoms with E-state index in [1.807, 2.05) is 78.9 Å². The lowest BCUT2D eigenvalue weighted by Gasteiger charge is -2.38. The maximum Gasteiger partial charge on any atom is 0.272 e. The normalized spacial score (nSPS) is 17.8. The molecule has 3 atom stereocenters. The van der Waals surface area contributed by atoms with E-state index in [2.05, 4.69) is 64.8 Å². The molecule has 6 nitrogen and oxygen atoms in total. The fraction of sp³-hybridized carbons (Fsp3) is 0.244. The summed E-state index contributed by atoms with van der Waals surface area (Å²) in [7, 11) is 0. The van der Waals surface area contributed by atoms with Gasteiger partial charge in [-0.1, -0.05) is 156 Å². The van der Waals surface area contributed by atoms with E-state index in [1.54, 1.807) is 0 Å². The first-order chi connectivity index (χ1) is 24.2. The molecule has 0 radical (unpaired) electrons. The van der Waals surface area contributed by atoms with Gasteiger partial charge in [0, 0.05) is 38.2 Å². The van der Waals surface area contributed by atoms with E-state index in [0.717, 1.165) is 46.5 Å². The van der Waals surface area contributed by atoms with Crippen molar-refractivity contribution in [3.8, 4) is 11.1 Å². The van der Waals surface area contributed by atoms with Crippen LogP contribution in [0.25, 0.3) is 11.1 Å². The van der Waals surface area contributed by atoms with Gasteiger partial charge in [-0.3, -0.25) is 9.69 Å². The summed E-state index contributed by atoms with van der Waals surface area (Å²) in [6.45, 7) is 2.48. The monoisotopic (exact) mass is 728 g/mol. The molecule has 0 saturated carbocycles. The molecule has 3 unspecified atom stereocenters. The second-order valence-electron chi connectivity index (χ2n) is 12.5. The molecule has 1 fully saturated rings. The van der Waals surface area contributed by atoms with Crippen LogP contribution in [0.1, 0.15) is 52.2 Å². The lowest BCUT2D eigenvalue weighted by Crippen LogP contribution is -2.39. The second-order valence-corrected chi connectivity index (χ2v) is 14.8. The molecule has 0 aromatic heterocycles. The van der Waals surface area contributed by atoms with Crippen LogP contribution < -0.4 is 5.32 Å². The van der Waals surface area contributed by atoms with Gasteiger partial charge in [-0.25, -0.2) is 0 Å². The highest BCUT2D eigenvalue weighted by Gasteiger charge is 2.34. The number of aliphatic hydroxyl groups excluding tert-OH is 1. The van der Waals surface area contributed by atoms with E-state index in [4.69, 9.17) is 44.3 Å². The summed E-state index contributed by atoms with van der Waals surface area (Å²) in [5, 5.41) is 12.3. The number of nitrogens with zero attached hydrogens (tertiary/aromatic N) is 1. The van der Waals surface area contributed by atoms with E-state index < -0.39 is 16.0 Å². The molecule has 0 spiro atoms. The summed E-state index contributed by atoms with van der Waals surface area (Å²) in [6.07, 6.45) is -0.276. The number of rotatable bonds is 12. The van der Waals surface area contributed by atoms with Crippen molar-refractivity contribution in [2.45, 2.75) is 55.0 Å². The zero-order chi connectivity index (χ0) is 34.9. The highest BCUT2D eigenvalue weighted by atomic mass is 35.6. The molecule has 1 aliphatic rings. The highest BCUT2D eigenvalue weighted by molar-refractivity contribution is 6.76. The molecule has 0 aliphatic carbocycles. The predicted molar refractivity (Wildman–Crippen MR) is 199 cm³/mol. The molecule has 1 aliphatic heterocycles. The van der Waals surface area contributed by atoms with Gasteiger partial charge in [0.15, 0.2) is 6.29 Å². The number of alkyl halides is 3. The molecular formula is C41H39Cl3N2O4. The number of hydrogen-bond acceptors (Lipinski definition) is 5. The smallest absolute Gasteiger partial charge is 0.272 e. The van der Waals surface area contributed by atoms with Crippen molar-refractivity contribution in [3.63, 3.8) is 0 Å². The third-order valence-electron chi connectivity index (χ3n) is 8.70. The first-order valence-corrected chi connectivity index (χ1v) is 17.7. The van der Waals surface area contributed by atoms with Gasteiger partial charge < -0.3 is 19.9 Å². The van der Waals surface area contributed by atoms with Gasteiger partial charge in [-0.15, -0.1) is 0 Å². The molecule has 50 heavy (non-hydrogen) atoms. The summed E-state index contributed by atoms with van der Waals surface area (Å²) in [4.78, 5) is 14.5. The summed E-state index contributed by atoms with van der Waals surface area (Å²) >= 11 is 17.2. The van der Waals surface area contributed by atoms with Gasteiger partial charge in [0.2, 0.25) is 0 Å². The Kier molecular flexibility index (Phi) is 12.3. The van der Waals surface area contributed by atoms with Crippen molar-refractivity contribution >= 4 is 40.7 Å². The molecule has 1 amide bonds. The topological polar surface area (TPSA) is 71.0 Å². The van der Waals surface area contributed by atoms with Crippen molar-refractivity contribution in [2.75, 3.05) is 6.54 Å². The van der Waals surface area contributed by atoms with Gasteiger partial charge in [0.25, 0.3) is 9.70 Å². The van der Waals surface area contributed by atoms with Crippen LogP contribution in [0.3, 0.4) is 0 Å². The quantitative estimate of drug-likeness (QED) is 0.126. The van der Waals surface area contributed by atoms with Gasteiger partial charge >= 0.3 is 0 Å². The molecule has 1 saturated heterocycles.